The van der Waals surface area contributed by atoms with E-state index >= 15 is 0 Å². The van der Waals surface area contributed by atoms with Crippen LogP contribution < -0.4 is 4.74 Å². The molecular weight excluding hydrogens is 270 g/mol. The lowest BCUT2D eigenvalue weighted by molar-refractivity contribution is -0.0753. The first-order chi connectivity index (χ1) is 10.2. The number of carbonyl (C=O) groups is 1. The molecule has 1 saturated heterocycles. The molecule has 3 rings (SSSR count). The van der Waals surface area contributed by atoms with Gasteiger partial charge in [-0.1, -0.05) is 18.9 Å². The van der Waals surface area contributed by atoms with Crippen molar-refractivity contribution in [3.05, 3.63) is 23.8 Å². The number of para-hydroxylation sites is 1. The maximum atomic E-state index is 12.8. The number of morpholine rings is 1. The number of phenolic OH excluding ortho intramolecular Hbond substituents is 1. The quantitative estimate of drug-likeness (QED) is 0.907. The normalized spacial score (nSPS) is 25.3. The summed E-state index contributed by atoms with van der Waals surface area (Å²) in [6.07, 6.45) is 4.41. The van der Waals surface area contributed by atoms with Crippen LogP contribution >= 0.6 is 0 Å². The number of nitrogens with zero attached hydrogens (tertiary/aromatic N) is 1. The highest BCUT2D eigenvalue weighted by Crippen LogP contribution is 2.34. The Kier molecular flexibility index (Phi) is 4.01. The Morgan fingerprint density at radius 3 is 3.00 bits per heavy atom. The number of hydrogen-bond donors (Lipinski definition) is 1. The predicted octanol–water partition coefficient (Wildman–Crippen LogP) is 2.18. The molecule has 1 aromatic rings. The molecule has 1 N–H and O–H groups in total. The minimum Gasteiger partial charge on any atom is -0.504 e. The van der Waals surface area contributed by atoms with Gasteiger partial charge in [-0.25, -0.2) is 0 Å². The molecule has 2 fully saturated rings. The molecular formula is C16H21NO4. The zero-order chi connectivity index (χ0) is 14.8. The van der Waals surface area contributed by atoms with E-state index in [0.717, 1.165) is 25.7 Å². The summed E-state index contributed by atoms with van der Waals surface area (Å²) >= 11 is 0. The molecule has 1 aliphatic carbocycles. The summed E-state index contributed by atoms with van der Waals surface area (Å²) in [6, 6.07) is 5.15. The maximum Gasteiger partial charge on any atom is 0.258 e. The average Bonchev–Trinajstić information content (AvgIpc) is 2.54. The molecule has 1 saturated carbocycles. The molecule has 0 spiro atoms. The summed E-state index contributed by atoms with van der Waals surface area (Å²) in [7, 11) is 1.48. The van der Waals surface area contributed by atoms with Crippen molar-refractivity contribution < 1.29 is 19.4 Å². The zero-order valence-electron chi connectivity index (χ0n) is 12.2. The molecule has 5 heteroatoms. The highest BCUT2D eigenvalue weighted by molar-refractivity contribution is 5.98. The lowest BCUT2D eigenvalue weighted by Gasteiger charge is -2.43. The van der Waals surface area contributed by atoms with Crippen molar-refractivity contribution in [3.8, 4) is 11.5 Å². The van der Waals surface area contributed by atoms with E-state index in [0.29, 0.717) is 24.5 Å². The molecule has 21 heavy (non-hydrogen) atoms. The minimum atomic E-state index is -0.133. The summed E-state index contributed by atoms with van der Waals surface area (Å²) in [5, 5.41) is 10.2. The van der Waals surface area contributed by atoms with Crippen LogP contribution in [-0.4, -0.2) is 48.3 Å². The minimum absolute atomic E-state index is 0.0798. The Morgan fingerprint density at radius 2 is 2.19 bits per heavy atom. The fraction of sp³-hybridized carbons (Fsp3) is 0.562. The van der Waals surface area contributed by atoms with Gasteiger partial charge in [-0.2, -0.15) is 0 Å². The first-order valence-electron chi connectivity index (χ1n) is 7.51. The van der Waals surface area contributed by atoms with Crippen LogP contribution in [0.15, 0.2) is 18.2 Å². The first kappa shape index (κ1) is 14.2. The van der Waals surface area contributed by atoms with Crippen LogP contribution in [-0.2, 0) is 4.74 Å². The average molecular weight is 291 g/mol. The third kappa shape index (κ3) is 2.58. The number of phenols is 1. The predicted molar refractivity (Wildman–Crippen MR) is 77.7 cm³/mol. The Labute approximate surface area is 124 Å². The number of rotatable bonds is 2. The number of ether oxygens (including phenoxy) is 2. The van der Waals surface area contributed by atoms with E-state index in [2.05, 4.69) is 0 Å². The third-order valence-electron chi connectivity index (χ3n) is 4.44. The zero-order valence-corrected chi connectivity index (χ0v) is 12.2. The number of fused-ring (bicyclic) bond motifs is 1. The molecule has 5 nitrogen and oxygen atoms in total. The highest BCUT2D eigenvalue weighted by Gasteiger charge is 2.37. The SMILES string of the molecule is COc1cccc(C(=O)N2CCOC3CCCCC32)c1O. The van der Waals surface area contributed by atoms with Crippen molar-refractivity contribution in [2.45, 2.75) is 37.8 Å². The molecule has 1 amide bonds. The number of methoxy groups -OCH3 is 1. The van der Waals surface area contributed by atoms with Crippen LogP contribution in [0.25, 0.3) is 0 Å². The monoisotopic (exact) mass is 291 g/mol. The lowest BCUT2D eigenvalue weighted by Crippen LogP contribution is -2.54. The van der Waals surface area contributed by atoms with Crippen molar-refractivity contribution in [2.75, 3.05) is 20.3 Å². The van der Waals surface area contributed by atoms with Gasteiger partial charge in [-0.05, 0) is 25.0 Å². The van der Waals surface area contributed by atoms with E-state index in [4.69, 9.17) is 9.47 Å². The van der Waals surface area contributed by atoms with Crippen LogP contribution in [0.2, 0.25) is 0 Å². The Hall–Kier alpha value is -1.75. The summed E-state index contributed by atoms with van der Waals surface area (Å²) in [4.78, 5) is 14.7. The van der Waals surface area contributed by atoms with Gasteiger partial charge in [0.05, 0.1) is 31.4 Å². The van der Waals surface area contributed by atoms with Crippen LogP contribution in [0, 0.1) is 0 Å². The number of carbonyl (C=O) groups excluding carboxylic acids is 1. The number of benzene rings is 1. The van der Waals surface area contributed by atoms with Crippen molar-refractivity contribution >= 4 is 5.91 Å². The van der Waals surface area contributed by atoms with Gasteiger partial charge in [0.25, 0.3) is 5.91 Å². The summed E-state index contributed by atoms with van der Waals surface area (Å²) < 4.78 is 10.9. The molecule has 0 radical (unpaired) electrons. The largest absolute Gasteiger partial charge is 0.504 e. The number of aromatic hydroxyl groups is 1. The molecule has 2 unspecified atom stereocenters. The molecule has 1 heterocycles. The van der Waals surface area contributed by atoms with Gasteiger partial charge in [-0.15, -0.1) is 0 Å². The fourth-order valence-corrected chi connectivity index (χ4v) is 3.36. The molecule has 2 atom stereocenters. The Bertz CT molecular complexity index is 529. The maximum absolute atomic E-state index is 12.8. The van der Waals surface area contributed by atoms with Crippen LogP contribution in [0.4, 0.5) is 0 Å². The van der Waals surface area contributed by atoms with Gasteiger partial charge in [0.1, 0.15) is 0 Å². The van der Waals surface area contributed by atoms with Gasteiger partial charge in [0.2, 0.25) is 0 Å². The van der Waals surface area contributed by atoms with E-state index in [-0.39, 0.29) is 23.8 Å². The molecule has 0 bridgehead atoms. The van der Waals surface area contributed by atoms with Crippen LogP contribution in [0.5, 0.6) is 11.5 Å². The van der Waals surface area contributed by atoms with Crippen molar-refractivity contribution in [3.63, 3.8) is 0 Å². The van der Waals surface area contributed by atoms with E-state index in [9.17, 15) is 9.90 Å². The van der Waals surface area contributed by atoms with Crippen molar-refractivity contribution in [2.24, 2.45) is 0 Å². The van der Waals surface area contributed by atoms with Gasteiger partial charge in [-0.3, -0.25) is 4.79 Å². The third-order valence-corrected chi connectivity index (χ3v) is 4.44. The van der Waals surface area contributed by atoms with Gasteiger partial charge in [0.15, 0.2) is 11.5 Å². The Morgan fingerprint density at radius 1 is 1.38 bits per heavy atom. The summed E-state index contributed by atoms with van der Waals surface area (Å²) in [5.74, 6) is 0.116. The van der Waals surface area contributed by atoms with Crippen LogP contribution in [0.1, 0.15) is 36.0 Å². The summed E-state index contributed by atoms with van der Waals surface area (Å²) in [5.41, 5.74) is 0.306. The molecule has 114 valence electrons. The molecule has 1 aliphatic heterocycles. The molecule has 2 aliphatic rings. The smallest absolute Gasteiger partial charge is 0.258 e. The molecule has 0 aromatic heterocycles. The van der Waals surface area contributed by atoms with Gasteiger partial charge in [0, 0.05) is 6.54 Å². The van der Waals surface area contributed by atoms with E-state index in [1.165, 1.54) is 7.11 Å². The first-order valence-corrected chi connectivity index (χ1v) is 7.51. The van der Waals surface area contributed by atoms with Crippen molar-refractivity contribution in [1.29, 1.82) is 0 Å². The van der Waals surface area contributed by atoms with E-state index in [1.54, 1.807) is 18.2 Å². The molecule has 1 aromatic carbocycles. The highest BCUT2D eigenvalue weighted by atomic mass is 16.5. The number of hydrogen-bond acceptors (Lipinski definition) is 4. The summed E-state index contributed by atoms with van der Waals surface area (Å²) in [6.45, 7) is 1.15. The second-order valence-electron chi connectivity index (χ2n) is 5.62. The van der Waals surface area contributed by atoms with Crippen LogP contribution in [0.3, 0.4) is 0 Å². The lowest BCUT2D eigenvalue weighted by atomic mass is 9.89. The topological polar surface area (TPSA) is 59.0 Å². The fourth-order valence-electron chi connectivity index (χ4n) is 3.36. The van der Waals surface area contributed by atoms with Crippen molar-refractivity contribution in [1.82, 2.24) is 4.90 Å². The Balaban J connectivity index is 1.87. The van der Waals surface area contributed by atoms with Gasteiger partial charge >= 0.3 is 0 Å². The van der Waals surface area contributed by atoms with E-state index < -0.39 is 0 Å². The van der Waals surface area contributed by atoms with E-state index in [1.807, 2.05) is 4.90 Å². The number of amides is 1. The van der Waals surface area contributed by atoms with Gasteiger partial charge < -0.3 is 19.5 Å². The second-order valence-corrected chi connectivity index (χ2v) is 5.62. The second kappa shape index (κ2) is 5.93. The standard InChI is InChI=1S/C16H21NO4/c1-20-14-8-4-5-11(15(14)18)16(19)17-9-10-21-13-7-3-2-6-12(13)17/h4-5,8,12-13,18H,2-3,6-7,9-10H2,1H3.